The smallest absolute Gasteiger partial charge is 0.253 e. The van der Waals surface area contributed by atoms with Crippen molar-refractivity contribution in [2.24, 2.45) is 0 Å². The topological polar surface area (TPSA) is 50.4 Å². The van der Waals surface area contributed by atoms with Gasteiger partial charge in [-0.2, -0.15) is 0 Å². The van der Waals surface area contributed by atoms with Crippen molar-refractivity contribution < 1.29 is 9.53 Å². The maximum absolute atomic E-state index is 12.2. The highest BCUT2D eigenvalue weighted by molar-refractivity contribution is 9.10. The minimum Gasteiger partial charge on any atom is -0.491 e. The van der Waals surface area contributed by atoms with E-state index in [9.17, 15) is 4.79 Å². The van der Waals surface area contributed by atoms with Gasteiger partial charge >= 0.3 is 0 Å². The van der Waals surface area contributed by atoms with Crippen LogP contribution in [0.15, 0.2) is 46.9 Å². The van der Waals surface area contributed by atoms with Gasteiger partial charge in [-0.15, -0.1) is 0 Å². The van der Waals surface area contributed by atoms with Gasteiger partial charge in [-0.05, 0) is 59.1 Å². The van der Waals surface area contributed by atoms with E-state index in [1.807, 2.05) is 30.3 Å². The van der Waals surface area contributed by atoms with E-state index < -0.39 is 0 Å². The fraction of sp³-hybridized carbons (Fsp3) is 0.278. The summed E-state index contributed by atoms with van der Waals surface area (Å²) in [4.78, 5) is 12.2. The van der Waals surface area contributed by atoms with Crippen LogP contribution >= 0.6 is 27.5 Å². The Balaban J connectivity index is 1.53. The number of hydrogen-bond donors (Lipinski definition) is 2. The molecule has 6 heteroatoms. The van der Waals surface area contributed by atoms with E-state index in [0.717, 1.165) is 28.8 Å². The highest BCUT2D eigenvalue weighted by atomic mass is 79.9. The molecule has 1 aliphatic rings. The molecule has 3 rings (SSSR count). The summed E-state index contributed by atoms with van der Waals surface area (Å²) in [7, 11) is 0. The van der Waals surface area contributed by atoms with Crippen molar-refractivity contribution in [2.45, 2.75) is 18.9 Å². The van der Waals surface area contributed by atoms with Gasteiger partial charge in [0.05, 0.1) is 10.0 Å². The maximum Gasteiger partial charge on any atom is 0.253 e. The van der Waals surface area contributed by atoms with Crippen molar-refractivity contribution in [3.8, 4) is 5.75 Å². The molecule has 0 spiro atoms. The molecule has 1 fully saturated rings. The number of nitrogens with one attached hydrogen (secondary N) is 2. The number of anilines is 1. The van der Waals surface area contributed by atoms with Crippen molar-refractivity contribution in [2.75, 3.05) is 18.5 Å². The lowest BCUT2D eigenvalue weighted by molar-refractivity contribution is 0.0952. The second-order valence-electron chi connectivity index (χ2n) is 5.64. The number of amides is 1. The van der Waals surface area contributed by atoms with Gasteiger partial charge in [0, 0.05) is 23.3 Å². The van der Waals surface area contributed by atoms with Gasteiger partial charge in [0.15, 0.2) is 0 Å². The monoisotopic (exact) mass is 408 g/mol. The Morgan fingerprint density at radius 3 is 2.79 bits per heavy atom. The number of carbonyl (C=O) groups excluding carboxylic acids is 1. The third-order valence-corrected chi connectivity index (χ3v) is 4.51. The molecule has 126 valence electrons. The SMILES string of the molecule is O=C(NC1CC1)c1ccccc1NCCOc1ccc(Cl)cc1Br. The summed E-state index contributed by atoms with van der Waals surface area (Å²) in [5, 5.41) is 6.93. The molecular formula is C18H18BrClN2O2. The molecule has 0 unspecified atom stereocenters. The second kappa shape index (κ2) is 7.90. The Morgan fingerprint density at radius 2 is 2.04 bits per heavy atom. The molecule has 2 aromatic rings. The first-order chi connectivity index (χ1) is 11.6. The number of para-hydroxylation sites is 1. The summed E-state index contributed by atoms with van der Waals surface area (Å²) >= 11 is 9.33. The zero-order valence-corrected chi connectivity index (χ0v) is 15.4. The van der Waals surface area contributed by atoms with Crippen molar-refractivity contribution >= 4 is 39.1 Å². The first kappa shape index (κ1) is 17.1. The molecule has 1 saturated carbocycles. The second-order valence-corrected chi connectivity index (χ2v) is 6.93. The van der Waals surface area contributed by atoms with Crippen molar-refractivity contribution in [3.63, 3.8) is 0 Å². The summed E-state index contributed by atoms with van der Waals surface area (Å²) in [5.41, 5.74) is 1.48. The van der Waals surface area contributed by atoms with E-state index in [0.29, 0.717) is 29.8 Å². The van der Waals surface area contributed by atoms with Crippen LogP contribution in [0.25, 0.3) is 0 Å². The number of benzene rings is 2. The maximum atomic E-state index is 12.2. The van der Waals surface area contributed by atoms with Gasteiger partial charge in [-0.3, -0.25) is 4.79 Å². The number of carbonyl (C=O) groups is 1. The van der Waals surface area contributed by atoms with E-state index in [1.165, 1.54) is 0 Å². The van der Waals surface area contributed by atoms with Crippen LogP contribution in [0.2, 0.25) is 5.02 Å². The van der Waals surface area contributed by atoms with E-state index in [4.69, 9.17) is 16.3 Å². The first-order valence-electron chi connectivity index (χ1n) is 7.85. The fourth-order valence-corrected chi connectivity index (χ4v) is 3.06. The predicted octanol–water partition coefficient (Wildman–Crippen LogP) is 4.49. The normalized spacial score (nSPS) is 13.4. The highest BCUT2D eigenvalue weighted by Gasteiger charge is 2.24. The van der Waals surface area contributed by atoms with Crippen LogP contribution in [-0.2, 0) is 0 Å². The van der Waals surface area contributed by atoms with E-state index in [2.05, 4.69) is 26.6 Å². The van der Waals surface area contributed by atoms with E-state index >= 15 is 0 Å². The number of hydrogen-bond acceptors (Lipinski definition) is 3. The molecule has 0 atom stereocenters. The van der Waals surface area contributed by atoms with Crippen LogP contribution in [0.5, 0.6) is 5.75 Å². The lowest BCUT2D eigenvalue weighted by Gasteiger charge is -2.13. The number of halogens is 2. The van der Waals surface area contributed by atoms with E-state index in [1.54, 1.807) is 12.1 Å². The van der Waals surface area contributed by atoms with Crippen LogP contribution in [-0.4, -0.2) is 25.1 Å². The van der Waals surface area contributed by atoms with Gasteiger partial charge in [-0.25, -0.2) is 0 Å². The Bertz CT molecular complexity index is 735. The van der Waals surface area contributed by atoms with E-state index in [-0.39, 0.29) is 5.91 Å². The molecule has 2 N–H and O–H groups in total. The summed E-state index contributed by atoms with van der Waals surface area (Å²) in [6, 6.07) is 13.3. The molecule has 0 bridgehead atoms. The molecule has 2 aromatic carbocycles. The number of rotatable bonds is 7. The summed E-state index contributed by atoms with van der Waals surface area (Å²) < 4.78 is 6.54. The van der Waals surface area contributed by atoms with Gasteiger partial charge in [0.2, 0.25) is 0 Å². The molecule has 0 radical (unpaired) electrons. The van der Waals surface area contributed by atoms with Crippen molar-refractivity contribution in [1.82, 2.24) is 5.32 Å². The molecule has 1 amide bonds. The average molecular weight is 410 g/mol. The van der Waals surface area contributed by atoms with Gasteiger partial charge in [0.1, 0.15) is 12.4 Å². The quantitative estimate of drug-likeness (QED) is 0.663. The molecule has 0 heterocycles. The molecular weight excluding hydrogens is 392 g/mol. The zero-order valence-electron chi connectivity index (χ0n) is 13.0. The molecule has 0 saturated heterocycles. The third-order valence-electron chi connectivity index (χ3n) is 3.65. The minimum atomic E-state index is -0.0260. The summed E-state index contributed by atoms with van der Waals surface area (Å²) in [6.45, 7) is 1.06. The van der Waals surface area contributed by atoms with Crippen molar-refractivity contribution in [3.05, 3.63) is 57.5 Å². The Labute approximate surface area is 154 Å². The fourth-order valence-electron chi connectivity index (χ4n) is 2.27. The highest BCUT2D eigenvalue weighted by Crippen LogP contribution is 2.28. The van der Waals surface area contributed by atoms with Crippen LogP contribution in [0.3, 0.4) is 0 Å². The largest absolute Gasteiger partial charge is 0.491 e. The Morgan fingerprint density at radius 1 is 1.25 bits per heavy atom. The number of ether oxygens (including phenoxy) is 1. The Kier molecular flexibility index (Phi) is 5.63. The molecule has 1 aliphatic carbocycles. The molecule has 24 heavy (non-hydrogen) atoms. The minimum absolute atomic E-state index is 0.0260. The molecule has 4 nitrogen and oxygen atoms in total. The van der Waals surface area contributed by atoms with Crippen molar-refractivity contribution in [1.29, 1.82) is 0 Å². The predicted molar refractivity (Wildman–Crippen MR) is 100 cm³/mol. The van der Waals surface area contributed by atoms with Crippen LogP contribution < -0.4 is 15.4 Å². The van der Waals surface area contributed by atoms with Gasteiger partial charge in [0.25, 0.3) is 5.91 Å². The summed E-state index contributed by atoms with van der Waals surface area (Å²) in [5.74, 6) is 0.711. The standard InChI is InChI=1S/C18H18BrClN2O2/c19-15-11-12(20)5-8-17(15)24-10-9-21-16-4-2-1-3-14(16)18(23)22-13-6-7-13/h1-5,8,11,13,21H,6-7,9-10H2,(H,22,23). The third kappa shape index (κ3) is 4.65. The summed E-state index contributed by atoms with van der Waals surface area (Å²) in [6.07, 6.45) is 2.15. The van der Waals surface area contributed by atoms with Crippen LogP contribution in [0.1, 0.15) is 23.2 Å². The van der Waals surface area contributed by atoms with Gasteiger partial charge < -0.3 is 15.4 Å². The van der Waals surface area contributed by atoms with Gasteiger partial charge in [-0.1, -0.05) is 23.7 Å². The molecule has 0 aromatic heterocycles. The average Bonchev–Trinajstić information content (AvgIpc) is 3.37. The zero-order chi connectivity index (χ0) is 16.9. The first-order valence-corrected chi connectivity index (χ1v) is 9.02. The van der Waals surface area contributed by atoms with Crippen LogP contribution in [0.4, 0.5) is 5.69 Å². The van der Waals surface area contributed by atoms with Crippen LogP contribution in [0, 0.1) is 0 Å². The molecule has 0 aliphatic heterocycles. The lowest BCUT2D eigenvalue weighted by Crippen LogP contribution is -2.26. The Hall–Kier alpha value is -1.72. The lowest BCUT2D eigenvalue weighted by atomic mass is 10.1.